The Labute approximate surface area is 104 Å². The van der Waals surface area contributed by atoms with Crippen LogP contribution in [-0.2, 0) is 6.54 Å². The number of hydrogen-bond acceptors (Lipinski definition) is 4. The summed E-state index contributed by atoms with van der Waals surface area (Å²) in [5.74, 6) is -0.119. The molecule has 0 heterocycles. The molecular weight excluding hydrogens is 232 g/mol. The predicted molar refractivity (Wildman–Crippen MR) is 68.5 cm³/mol. The Balaban J connectivity index is 2.17. The van der Waals surface area contributed by atoms with Gasteiger partial charge in [-0.2, -0.15) is 0 Å². The second kappa shape index (κ2) is 5.18. The number of phenolic OH excluding ortho intramolecular Hbond substituents is 1. The van der Waals surface area contributed by atoms with Crippen LogP contribution in [0.15, 0.2) is 48.5 Å². The first kappa shape index (κ1) is 11.9. The van der Waals surface area contributed by atoms with Gasteiger partial charge in [-0.3, -0.25) is 10.1 Å². The number of phenols is 1. The lowest BCUT2D eigenvalue weighted by Crippen LogP contribution is -2.02. The van der Waals surface area contributed by atoms with Crippen molar-refractivity contribution in [3.05, 3.63) is 64.2 Å². The summed E-state index contributed by atoms with van der Waals surface area (Å²) in [6, 6.07) is 13.6. The van der Waals surface area contributed by atoms with Crippen LogP contribution in [0.4, 0.5) is 11.4 Å². The minimum absolute atomic E-state index is 0.119. The molecule has 92 valence electrons. The Morgan fingerprint density at radius 3 is 2.56 bits per heavy atom. The molecule has 0 unspecified atom stereocenters. The Bertz CT molecular complexity index is 555. The van der Waals surface area contributed by atoms with E-state index in [2.05, 4.69) is 5.32 Å². The summed E-state index contributed by atoms with van der Waals surface area (Å²) >= 11 is 0. The third kappa shape index (κ3) is 2.76. The van der Waals surface area contributed by atoms with E-state index in [0.29, 0.717) is 12.2 Å². The maximum Gasteiger partial charge on any atom is 0.296 e. The van der Waals surface area contributed by atoms with Gasteiger partial charge in [-0.05, 0) is 17.7 Å². The van der Waals surface area contributed by atoms with Gasteiger partial charge in [-0.1, -0.05) is 30.3 Å². The molecule has 2 N–H and O–H groups in total. The molecule has 2 aromatic rings. The van der Waals surface area contributed by atoms with E-state index in [4.69, 9.17) is 0 Å². The summed E-state index contributed by atoms with van der Waals surface area (Å²) < 4.78 is 0. The van der Waals surface area contributed by atoms with Crippen molar-refractivity contribution in [3.8, 4) is 5.75 Å². The summed E-state index contributed by atoms with van der Waals surface area (Å²) in [6.07, 6.45) is 0. The highest BCUT2D eigenvalue weighted by molar-refractivity contribution is 5.63. The average molecular weight is 244 g/mol. The van der Waals surface area contributed by atoms with Crippen molar-refractivity contribution in [1.29, 1.82) is 0 Å². The van der Waals surface area contributed by atoms with Gasteiger partial charge in [-0.25, -0.2) is 0 Å². The van der Waals surface area contributed by atoms with Crippen molar-refractivity contribution in [2.45, 2.75) is 6.54 Å². The van der Waals surface area contributed by atoms with Gasteiger partial charge in [0.2, 0.25) is 0 Å². The number of nitrogens with zero attached hydrogens (tertiary/aromatic N) is 1. The van der Waals surface area contributed by atoms with Gasteiger partial charge >= 0.3 is 0 Å². The van der Waals surface area contributed by atoms with E-state index in [0.717, 1.165) is 11.6 Å². The number of anilines is 1. The van der Waals surface area contributed by atoms with Crippen molar-refractivity contribution >= 4 is 11.4 Å². The molecule has 2 aromatic carbocycles. The zero-order chi connectivity index (χ0) is 13.0. The fraction of sp³-hybridized carbons (Fsp3) is 0.0769. The summed E-state index contributed by atoms with van der Waals surface area (Å²) in [5.41, 5.74) is 1.28. The van der Waals surface area contributed by atoms with Crippen LogP contribution in [-0.4, -0.2) is 10.0 Å². The number of benzene rings is 2. The van der Waals surface area contributed by atoms with Crippen LogP contribution < -0.4 is 5.32 Å². The first-order valence-corrected chi connectivity index (χ1v) is 5.42. The molecule has 0 bridgehead atoms. The van der Waals surface area contributed by atoms with Crippen molar-refractivity contribution < 1.29 is 10.0 Å². The predicted octanol–water partition coefficient (Wildman–Crippen LogP) is 2.91. The van der Waals surface area contributed by atoms with Gasteiger partial charge in [0, 0.05) is 6.54 Å². The first-order valence-electron chi connectivity index (χ1n) is 5.42. The fourth-order valence-corrected chi connectivity index (χ4v) is 1.61. The second-order valence-electron chi connectivity index (χ2n) is 3.80. The summed E-state index contributed by atoms with van der Waals surface area (Å²) in [5, 5.41) is 23.1. The molecule has 0 spiro atoms. The molecule has 2 rings (SSSR count). The minimum atomic E-state index is -0.521. The molecule has 0 aliphatic carbocycles. The zero-order valence-electron chi connectivity index (χ0n) is 9.54. The molecule has 5 nitrogen and oxygen atoms in total. The molecule has 0 radical (unpaired) electrons. The van der Waals surface area contributed by atoms with Crippen LogP contribution in [0, 0.1) is 10.1 Å². The highest BCUT2D eigenvalue weighted by atomic mass is 16.6. The Kier molecular flexibility index (Phi) is 3.43. The lowest BCUT2D eigenvalue weighted by Gasteiger charge is -2.07. The Morgan fingerprint density at radius 1 is 1.17 bits per heavy atom. The zero-order valence-corrected chi connectivity index (χ0v) is 9.54. The smallest absolute Gasteiger partial charge is 0.296 e. The average Bonchev–Trinajstić information content (AvgIpc) is 2.38. The molecule has 5 heteroatoms. The standard InChI is InChI=1S/C13H12N2O3/c16-11-6-7-12(13(8-11)15(17)18)14-9-10-4-2-1-3-5-10/h1-8,14,16H,9H2. The van der Waals surface area contributed by atoms with Crippen molar-refractivity contribution in [1.82, 2.24) is 0 Å². The third-order valence-corrected chi connectivity index (χ3v) is 2.50. The van der Waals surface area contributed by atoms with Crippen LogP contribution in [0.25, 0.3) is 0 Å². The monoisotopic (exact) mass is 244 g/mol. The summed E-state index contributed by atoms with van der Waals surface area (Å²) in [6.45, 7) is 0.493. The van der Waals surface area contributed by atoms with Crippen LogP contribution >= 0.6 is 0 Å². The molecule has 0 aromatic heterocycles. The molecule has 0 fully saturated rings. The van der Waals surface area contributed by atoms with Crippen LogP contribution in [0.5, 0.6) is 5.75 Å². The topological polar surface area (TPSA) is 75.4 Å². The second-order valence-corrected chi connectivity index (χ2v) is 3.80. The van der Waals surface area contributed by atoms with E-state index >= 15 is 0 Å². The number of nitrogens with one attached hydrogen (secondary N) is 1. The van der Waals surface area contributed by atoms with E-state index in [9.17, 15) is 15.2 Å². The maximum absolute atomic E-state index is 10.8. The van der Waals surface area contributed by atoms with Crippen LogP contribution in [0.1, 0.15) is 5.56 Å². The molecule has 0 amide bonds. The van der Waals surface area contributed by atoms with Crippen molar-refractivity contribution in [2.75, 3.05) is 5.32 Å². The van der Waals surface area contributed by atoms with Gasteiger partial charge in [0.1, 0.15) is 11.4 Å². The van der Waals surface area contributed by atoms with Crippen LogP contribution in [0.3, 0.4) is 0 Å². The molecular formula is C13H12N2O3. The molecule has 0 aliphatic heterocycles. The molecule has 0 atom stereocenters. The summed E-state index contributed by atoms with van der Waals surface area (Å²) in [4.78, 5) is 10.3. The number of nitro groups is 1. The van der Waals surface area contributed by atoms with E-state index in [1.54, 1.807) is 0 Å². The van der Waals surface area contributed by atoms with Gasteiger partial charge in [0.05, 0.1) is 11.0 Å². The number of hydrogen-bond donors (Lipinski definition) is 2. The molecule has 18 heavy (non-hydrogen) atoms. The lowest BCUT2D eigenvalue weighted by molar-refractivity contribution is -0.384. The number of rotatable bonds is 4. The molecule has 0 saturated heterocycles. The SMILES string of the molecule is O=[N+]([O-])c1cc(O)ccc1NCc1ccccc1. The normalized spacial score (nSPS) is 10.0. The highest BCUT2D eigenvalue weighted by Crippen LogP contribution is 2.28. The van der Waals surface area contributed by atoms with E-state index < -0.39 is 4.92 Å². The minimum Gasteiger partial charge on any atom is -0.508 e. The van der Waals surface area contributed by atoms with E-state index in [-0.39, 0.29) is 11.4 Å². The van der Waals surface area contributed by atoms with Gasteiger partial charge in [0.15, 0.2) is 0 Å². The third-order valence-electron chi connectivity index (χ3n) is 2.50. The van der Waals surface area contributed by atoms with Crippen molar-refractivity contribution in [2.24, 2.45) is 0 Å². The Hall–Kier alpha value is -2.56. The maximum atomic E-state index is 10.8. The fourth-order valence-electron chi connectivity index (χ4n) is 1.61. The van der Waals surface area contributed by atoms with Crippen LogP contribution in [0.2, 0.25) is 0 Å². The number of aromatic hydroxyl groups is 1. The first-order chi connectivity index (χ1) is 8.66. The highest BCUT2D eigenvalue weighted by Gasteiger charge is 2.13. The van der Waals surface area contributed by atoms with Gasteiger partial charge in [0.25, 0.3) is 5.69 Å². The largest absolute Gasteiger partial charge is 0.508 e. The quantitative estimate of drug-likeness (QED) is 0.492. The summed E-state index contributed by atoms with van der Waals surface area (Å²) in [7, 11) is 0. The van der Waals surface area contributed by atoms with Gasteiger partial charge < -0.3 is 10.4 Å². The lowest BCUT2D eigenvalue weighted by atomic mass is 10.2. The van der Waals surface area contributed by atoms with E-state index in [1.165, 1.54) is 12.1 Å². The molecule has 0 aliphatic rings. The van der Waals surface area contributed by atoms with Gasteiger partial charge in [-0.15, -0.1) is 0 Å². The van der Waals surface area contributed by atoms with Crippen molar-refractivity contribution in [3.63, 3.8) is 0 Å². The van der Waals surface area contributed by atoms with E-state index in [1.807, 2.05) is 30.3 Å². The Morgan fingerprint density at radius 2 is 1.89 bits per heavy atom. The molecule has 0 saturated carbocycles. The number of nitro benzene ring substituents is 1.